The number of hydrogen-bond donors (Lipinski definition) is 2. The predicted molar refractivity (Wildman–Crippen MR) is 68.8 cm³/mol. The zero-order chi connectivity index (χ0) is 13.0. The highest BCUT2D eigenvalue weighted by Gasteiger charge is 2.12. The average Bonchev–Trinajstić information content (AvgIpc) is 2.39. The number of pyridine rings is 2. The molecule has 2 heterocycles. The molecule has 0 saturated heterocycles. The summed E-state index contributed by atoms with van der Waals surface area (Å²) in [7, 11) is 0. The minimum Gasteiger partial charge on any atom is -0.399 e. The number of nitrogen functional groups attached to an aromatic ring is 1. The standard InChI is InChI=1S/C13H14N4O/c1-9(10-3-2-5-15-8-10)17-13(18)12-7-11(14)4-6-16-12/h2-9H,1H3,(H2,14,16)(H,17,18). The van der Waals surface area contributed by atoms with E-state index in [0.717, 1.165) is 5.56 Å². The van der Waals surface area contributed by atoms with E-state index in [1.54, 1.807) is 24.5 Å². The average molecular weight is 242 g/mol. The van der Waals surface area contributed by atoms with E-state index in [2.05, 4.69) is 15.3 Å². The molecule has 18 heavy (non-hydrogen) atoms. The van der Waals surface area contributed by atoms with Gasteiger partial charge in [-0.25, -0.2) is 0 Å². The highest BCUT2D eigenvalue weighted by Crippen LogP contribution is 2.11. The summed E-state index contributed by atoms with van der Waals surface area (Å²) in [6, 6.07) is 6.79. The number of carbonyl (C=O) groups is 1. The van der Waals surface area contributed by atoms with Gasteiger partial charge in [-0.3, -0.25) is 14.8 Å². The van der Waals surface area contributed by atoms with E-state index in [9.17, 15) is 4.79 Å². The lowest BCUT2D eigenvalue weighted by molar-refractivity contribution is 0.0935. The molecule has 5 nitrogen and oxygen atoms in total. The molecule has 1 amide bonds. The van der Waals surface area contributed by atoms with Crippen LogP contribution in [0.1, 0.15) is 29.0 Å². The Hall–Kier alpha value is -2.43. The fourth-order valence-electron chi connectivity index (χ4n) is 1.56. The van der Waals surface area contributed by atoms with Gasteiger partial charge in [0.05, 0.1) is 6.04 Å². The van der Waals surface area contributed by atoms with Crippen LogP contribution in [0.3, 0.4) is 0 Å². The molecule has 0 bridgehead atoms. The third-order valence-electron chi connectivity index (χ3n) is 2.55. The molecule has 0 aromatic carbocycles. The molecule has 1 atom stereocenters. The van der Waals surface area contributed by atoms with Crippen LogP contribution in [0, 0.1) is 0 Å². The molecule has 2 rings (SSSR count). The summed E-state index contributed by atoms with van der Waals surface area (Å²) in [6.45, 7) is 1.89. The Kier molecular flexibility index (Phi) is 3.52. The molecule has 2 aromatic heterocycles. The van der Waals surface area contributed by atoms with Gasteiger partial charge in [-0.1, -0.05) is 6.07 Å². The van der Waals surface area contributed by atoms with Gasteiger partial charge in [0.2, 0.25) is 0 Å². The minimum atomic E-state index is -0.251. The number of amides is 1. The van der Waals surface area contributed by atoms with Crippen LogP contribution in [0.4, 0.5) is 5.69 Å². The van der Waals surface area contributed by atoms with Gasteiger partial charge in [-0.05, 0) is 30.7 Å². The Balaban J connectivity index is 2.08. The second-order valence-electron chi connectivity index (χ2n) is 3.96. The monoisotopic (exact) mass is 242 g/mol. The molecule has 0 aliphatic rings. The Morgan fingerprint density at radius 3 is 2.89 bits per heavy atom. The zero-order valence-electron chi connectivity index (χ0n) is 10.00. The summed E-state index contributed by atoms with van der Waals surface area (Å²) in [4.78, 5) is 19.9. The topological polar surface area (TPSA) is 80.9 Å². The molecule has 1 unspecified atom stereocenters. The van der Waals surface area contributed by atoms with E-state index in [4.69, 9.17) is 5.73 Å². The molecule has 2 aromatic rings. The fraction of sp³-hybridized carbons (Fsp3) is 0.154. The van der Waals surface area contributed by atoms with Gasteiger partial charge in [-0.15, -0.1) is 0 Å². The molecule has 0 radical (unpaired) electrons. The van der Waals surface area contributed by atoms with Crippen LogP contribution in [0.25, 0.3) is 0 Å². The Morgan fingerprint density at radius 2 is 2.22 bits per heavy atom. The molecular formula is C13H14N4O. The molecule has 0 aliphatic heterocycles. The summed E-state index contributed by atoms with van der Waals surface area (Å²) >= 11 is 0. The molecule has 0 fully saturated rings. The van der Waals surface area contributed by atoms with E-state index in [1.807, 2.05) is 19.1 Å². The minimum absolute atomic E-state index is 0.130. The molecule has 0 aliphatic carbocycles. The Bertz CT molecular complexity index is 542. The maximum atomic E-state index is 11.9. The van der Waals surface area contributed by atoms with Crippen molar-refractivity contribution in [3.05, 3.63) is 54.1 Å². The molecular weight excluding hydrogens is 228 g/mol. The van der Waals surface area contributed by atoms with E-state index < -0.39 is 0 Å². The highest BCUT2D eigenvalue weighted by molar-refractivity contribution is 5.93. The van der Waals surface area contributed by atoms with Crippen LogP contribution in [-0.4, -0.2) is 15.9 Å². The van der Waals surface area contributed by atoms with Gasteiger partial charge in [0, 0.05) is 24.3 Å². The van der Waals surface area contributed by atoms with Crippen molar-refractivity contribution in [1.29, 1.82) is 0 Å². The molecule has 3 N–H and O–H groups in total. The summed E-state index contributed by atoms with van der Waals surface area (Å²) in [5, 5.41) is 2.84. The quantitative estimate of drug-likeness (QED) is 0.855. The van der Waals surface area contributed by atoms with Crippen LogP contribution in [0.2, 0.25) is 0 Å². The number of rotatable bonds is 3. The summed E-state index contributed by atoms with van der Waals surface area (Å²) in [6.07, 6.45) is 4.92. The number of nitrogens with two attached hydrogens (primary N) is 1. The number of anilines is 1. The maximum Gasteiger partial charge on any atom is 0.270 e. The van der Waals surface area contributed by atoms with Crippen molar-refractivity contribution in [1.82, 2.24) is 15.3 Å². The first kappa shape index (κ1) is 12.0. The first-order valence-corrected chi connectivity index (χ1v) is 5.59. The lowest BCUT2D eigenvalue weighted by Crippen LogP contribution is -2.27. The Morgan fingerprint density at radius 1 is 1.39 bits per heavy atom. The summed E-state index contributed by atoms with van der Waals surface area (Å²) in [5.41, 5.74) is 7.38. The second kappa shape index (κ2) is 5.27. The summed E-state index contributed by atoms with van der Waals surface area (Å²) < 4.78 is 0. The van der Waals surface area contributed by atoms with Crippen molar-refractivity contribution in [2.45, 2.75) is 13.0 Å². The molecule has 5 heteroatoms. The number of carbonyl (C=O) groups excluding carboxylic acids is 1. The van der Waals surface area contributed by atoms with Crippen LogP contribution in [0.15, 0.2) is 42.9 Å². The van der Waals surface area contributed by atoms with Crippen LogP contribution in [0.5, 0.6) is 0 Å². The van der Waals surface area contributed by atoms with Crippen molar-refractivity contribution in [2.24, 2.45) is 0 Å². The van der Waals surface area contributed by atoms with Crippen molar-refractivity contribution in [3.63, 3.8) is 0 Å². The van der Waals surface area contributed by atoms with Gasteiger partial charge in [0.15, 0.2) is 0 Å². The van der Waals surface area contributed by atoms with E-state index >= 15 is 0 Å². The number of hydrogen-bond acceptors (Lipinski definition) is 4. The first-order chi connectivity index (χ1) is 8.66. The third-order valence-corrected chi connectivity index (χ3v) is 2.55. The van der Waals surface area contributed by atoms with Gasteiger partial charge < -0.3 is 11.1 Å². The Labute approximate surface area is 105 Å². The van der Waals surface area contributed by atoms with Crippen LogP contribution < -0.4 is 11.1 Å². The van der Waals surface area contributed by atoms with Crippen molar-refractivity contribution >= 4 is 11.6 Å². The number of nitrogens with zero attached hydrogens (tertiary/aromatic N) is 2. The largest absolute Gasteiger partial charge is 0.399 e. The fourth-order valence-corrected chi connectivity index (χ4v) is 1.56. The maximum absolute atomic E-state index is 11.9. The SMILES string of the molecule is CC(NC(=O)c1cc(N)ccn1)c1cccnc1. The van der Waals surface area contributed by atoms with Gasteiger partial charge in [-0.2, -0.15) is 0 Å². The van der Waals surface area contributed by atoms with Crippen molar-refractivity contribution < 1.29 is 4.79 Å². The van der Waals surface area contributed by atoms with Crippen molar-refractivity contribution in [2.75, 3.05) is 5.73 Å². The number of nitrogens with one attached hydrogen (secondary N) is 1. The van der Waals surface area contributed by atoms with Gasteiger partial charge >= 0.3 is 0 Å². The van der Waals surface area contributed by atoms with Crippen LogP contribution in [-0.2, 0) is 0 Å². The van der Waals surface area contributed by atoms with E-state index in [-0.39, 0.29) is 11.9 Å². The lowest BCUT2D eigenvalue weighted by Gasteiger charge is -2.13. The zero-order valence-corrected chi connectivity index (χ0v) is 10.00. The highest BCUT2D eigenvalue weighted by atomic mass is 16.1. The lowest BCUT2D eigenvalue weighted by atomic mass is 10.1. The number of aromatic nitrogens is 2. The van der Waals surface area contributed by atoms with Crippen LogP contribution >= 0.6 is 0 Å². The van der Waals surface area contributed by atoms with E-state index in [1.165, 1.54) is 6.20 Å². The smallest absolute Gasteiger partial charge is 0.270 e. The van der Waals surface area contributed by atoms with E-state index in [0.29, 0.717) is 11.4 Å². The first-order valence-electron chi connectivity index (χ1n) is 5.59. The second-order valence-corrected chi connectivity index (χ2v) is 3.96. The van der Waals surface area contributed by atoms with Gasteiger partial charge in [0.1, 0.15) is 5.69 Å². The molecule has 0 spiro atoms. The third kappa shape index (κ3) is 2.82. The molecule has 0 saturated carbocycles. The van der Waals surface area contributed by atoms with Gasteiger partial charge in [0.25, 0.3) is 5.91 Å². The normalized spacial score (nSPS) is 11.8. The summed E-state index contributed by atoms with van der Waals surface area (Å²) in [5.74, 6) is -0.251. The molecule has 92 valence electrons. The van der Waals surface area contributed by atoms with Crippen molar-refractivity contribution in [3.8, 4) is 0 Å². The predicted octanol–water partition coefficient (Wildman–Crippen LogP) is 1.55.